The van der Waals surface area contributed by atoms with Crippen molar-refractivity contribution < 1.29 is 0 Å². The van der Waals surface area contributed by atoms with Crippen molar-refractivity contribution in [3.05, 3.63) is 42.1 Å². The monoisotopic (exact) mass is 254 g/mol. The molecule has 1 aliphatic heterocycles. The Morgan fingerprint density at radius 3 is 2.58 bits per heavy atom. The maximum Gasteiger partial charge on any atom is 0.0705 e. The van der Waals surface area contributed by atoms with E-state index in [1.54, 1.807) is 0 Å². The van der Waals surface area contributed by atoms with Gasteiger partial charge in [-0.15, -0.1) is 0 Å². The summed E-state index contributed by atoms with van der Waals surface area (Å²) >= 11 is 0. The Kier molecular flexibility index (Phi) is 3.52. The molecule has 1 saturated heterocycles. The minimum Gasteiger partial charge on any atom is -0.297 e. The summed E-state index contributed by atoms with van der Waals surface area (Å²) in [5, 5.41) is 1.23. The molecule has 1 fully saturated rings. The number of piperidine rings is 1. The maximum atomic E-state index is 4.78. The van der Waals surface area contributed by atoms with Gasteiger partial charge >= 0.3 is 0 Å². The van der Waals surface area contributed by atoms with Gasteiger partial charge in [0.2, 0.25) is 0 Å². The van der Waals surface area contributed by atoms with E-state index in [0.717, 1.165) is 23.9 Å². The minimum atomic E-state index is 0.809. The topological polar surface area (TPSA) is 16.1 Å². The van der Waals surface area contributed by atoms with E-state index in [2.05, 4.69) is 55.1 Å². The molecular weight excluding hydrogens is 232 g/mol. The summed E-state index contributed by atoms with van der Waals surface area (Å²) < 4.78 is 0. The molecule has 1 aromatic carbocycles. The van der Waals surface area contributed by atoms with Crippen LogP contribution < -0.4 is 0 Å². The first-order valence-electron chi connectivity index (χ1n) is 7.28. The first-order valence-corrected chi connectivity index (χ1v) is 7.28. The van der Waals surface area contributed by atoms with Crippen LogP contribution in [-0.2, 0) is 6.54 Å². The molecule has 2 aromatic rings. The van der Waals surface area contributed by atoms with Gasteiger partial charge in [-0.1, -0.05) is 38.1 Å². The zero-order valence-corrected chi connectivity index (χ0v) is 11.8. The fraction of sp³-hybridized carbons (Fsp3) is 0.471. The Balaban J connectivity index is 1.77. The van der Waals surface area contributed by atoms with Crippen LogP contribution in [0, 0.1) is 11.8 Å². The first-order chi connectivity index (χ1) is 9.20. The van der Waals surface area contributed by atoms with Crippen molar-refractivity contribution in [3.63, 3.8) is 0 Å². The van der Waals surface area contributed by atoms with Crippen molar-refractivity contribution in [2.45, 2.75) is 26.8 Å². The second-order valence-electron chi connectivity index (χ2n) is 6.14. The van der Waals surface area contributed by atoms with Crippen LogP contribution in [0.4, 0.5) is 0 Å². The van der Waals surface area contributed by atoms with E-state index >= 15 is 0 Å². The lowest BCUT2D eigenvalue weighted by molar-refractivity contribution is 0.133. The molecular formula is C17H22N2. The van der Waals surface area contributed by atoms with Crippen molar-refractivity contribution in [2.75, 3.05) is 13.1 Å². The number of para-hydroxylation sites is 1. The highest BCUT2D eigenvalue weighted by Crippen LogP contribution is 2.22. The van der Waals surface area contributed by atoms with Gasteiger partial charge < -0.3 is 0 Å². The SMILES string of the molecule is CC1CC(C)CN(Cc2ccc3ccccc3n2)C1. The molecule has 19 heavy (non-hydrogen) atoms. The largest absolute Gasteiger partial charge is 0.297 e. The van der Waals surface area contributed by atoms with Crippen LogP contribution in [0.3, 0.4) is 0 Å². The highest BCUT2D eigenvalue weighted by Gasteiger charge is 2.21. The number of likely N-dealkylation sites (tertiary alicyclic amines) is 1. The van der Waals surface area contributed by atoms with Crippen LogP contribution >= 0.6 is 0 Å². The predicted octanol–water partition coefficient (Wildman–Crippen LogP) is 3.71. The second-order valence-corrected chi connectivity index (χ2v) is 6.14. The Labute approximate surface area is 115 Å². The lowest BCUT2D eigenvalue weighted by atomic mass is 9.92. The molecule has 3 rings (SSSR count). The van der Waals surface area contributed by atoms with Crippen LogP contribution in [0.1, 0.15) is 26.0 Å². The zero-order valence-electron chi connectivity index (χ0n) is 11.8. The zero-order chi connectivity index (χ0) is 13.2. The van der Waals surface area contributed by atoms with E-state index in [0.29, 0.717) is 0 Å². The van der Waals surface area contributed by atoms with Crippen molar-refractivity contribution in [3.8, 4) is 0 Å². The average Bonchev–Trinajstić information content (AvgIpc) is 2.37. The van der Waals surface area contributed by atoms with Crippen molar-refractivity contribution in [1.29, 1.82) is 0 Å². The molecule has 0 N–H and O–H groups in total. The second kappa shape index (κ2) is 5.30. The summed E-state index contributed by atoms with van der Waals surface area (Å²) in [6, 6.07) is 12.7. The van der Waals surface area contributed by atoms with Crippen LogP contribution in [0.5, 0.6) is 0 Å². The van der Waals surface area contributed by atoms with E-state index < -0.39 is 0 Å². The summed E-state index contributed by atoms with van der Waals surface area (Å²) in [4.78, 5) is 7.33. The van der Waals surface area contributed by atoms with Crippen molar-refractivity contribution >= 4 is 10.9 Å². The molecule has 2 nitrogen and oxygen atoms in total. The molecule has 0 spiro atoms. The Morgan fingerprint density at radius 2 is 1.79 bits per heavy atom. The molecule has 100 valence electrons. The van der Waals surface area contributed by atoms with Gasteiger partial charge in [-0.2, -0.15) is 0 Å². The molecule has 0 amide bonds. The number of rotatable bonds is 2. The van der Waals surface area contributed by atoms with Crippen LogP contribution in [0.2, 0.25) is 0 Å². The summed E-state index contributed by atoms with van der Waals surface area (Å²) in [5.41, 5.74) is 2.30. The van der Waals surface area contributed by atoms with E-state index in [1.807, 2.05) is 0 Å². The third kappa shape index (κ3) is 2.95. The number of hydrogen-bond donors (Lipinski definition) is 0. The van der Waals surface area contributed by atoms with Crippen LogP contribution in [0.15, 0.2) is 36.4 Å². The molecule has 0 bridgehead atoms. The molecule has 1 aromatic heterocycles. The van der Waals surface area contributed by atoms with Gasteiger partial charge in [0.25, 0.3) is 0 Å². The summed E-state index contributed by atoms with van der Waals surface area (Å²) in [7, 11) is 0. The van der Waals surface area contributed by atoms with E-state index in [1.165, 1.54) is 30.6 Å². The maximum absolute atomic E-state index is 4.78. The van der Waals surface area contributed by atoms with E-state index in [-0.39, 0.29) is 0 Å². The van der Waals surface area contributed by atoms with Crippen molar-refractivity contribution in [1.82, 2.24) is 9.88 Å². The minimum absolute atomic E-state index is 0.809. The fourth-order valence-electron chi connectivity index (χ4n) is 3.35. The van der Waals surface area contributed by atoms with Gasteiger partial charge in [-0.05, 0) is 30.4 Å². The molecule has 0 saturated carbocycles. The third-order valence-corrected chi connectivity index (χ3v) is 3.99. The van der Waals surface area contributed by atoms with Crippen molar-refractivity contribution in [2.24, 2.45) is 11.8 Å². The Morgan fingerprint density at radius 1 is 1.05 bits per heavy atom. The van der Waals surface area contributed by atoms with Gasteiger partial charge in [-0.25, -0.2) is 0 Å². The highest BCUT2D eigenvalue weighted by molar-refractivity contribution is 5.78. The normalized spacial score (nSPS) is 24.7. The summed E-state index contributed by atoms with van der Waals surface area (Å²) in [6.45, 7) is 8.12. The van der Waals surface area contributed by atoms with Gasteiger partial charge in [0.1, 0.15) is 0 Å². The number of pyridine rings is 1. The summed E-state index contributed by atoms with van der Waals surface area (Å²) in [6.07, 6.45) is 1.36. The lowest BCUT2D eigenvalue weighted by Crippen LogP contribution is -2.38. The summed E-state index contributed by atoms with van der Waals surface area (Å²) in [5.74, 6) is 1.62. The van der Waals surface area contributed by atoms with Gasteiger partial charge in [0, 0.05) is 25.0 Å². The number of aromatic nitrogens is 1. The van der Waals surface area contributed by atoms with Crippen LogP contribution in [0.25, 0.3) is 10.9 Å². The number of benzene rings is 1. The third-order valence-electron chi connectivity index (χ3n) is 3.99. The molecule has 0 aliphatic carbocycles. The fourth-order valence-corrected chi connectivity index (χ4v) is 3.35. The smallest absolute Gasteiger partial charge is 0.0705 e. The van der Waals surface area contributed by atoms with E-state index in [9.17, 15) is 0 Å². The van der Waals surface area contributed by atoms with E-state index in [4.69, 9.17) is 4.98 Å². The predicted molar refractivity (Wildman–Crippen MR) is 80.0 cm³/mol. The lowest BCUT2D eigenvalue weighted by Gasteiger charge is -2.34. The Bertz CT molecular complexity index is 554. The number of hydrogen-bond acceptors (Lipinski definition) is 2. The molecule has 2 heteroatoms. The molecule has 0 radical (unpaired) electrons. The highest BCUT2D eigenvalue weighted by atomic mass is 15.1. The van der Waals surface area contributed by atoms with Gasteiger partial charge in [0.05, 0.1) is 11.2 Å². The Hall–Kier alpha value is -1.41. The quantitative estimate of drug-likeness (QED) is 0.812. The standard InChI is InChI=1S/C17H22N2/c1-13-9-14(2)11-19(10-13)12-16-8-7-15-5-3-4-6-17(15)18-16/h3-8,13-14H,9-12H2,1-2H3. The molecule has 2 heterocycles. The van der Waals surface area contributed by atoms with Gasteiger partial charge in [-0.3, -0.25) is 9.88 Å². The first kappa shape index (κ1) is 12.6. The van der Waals surface area contributed by atoms with Gasteiger partial charge in [0.15, 0.2) is 0 Å². The molecule has 1 aliphatic rings. The average molecular weight is 254 g/mol. The molecule has 2 unspecified atom stereocenters. The molecule has 2 atom stereocenters. The number of nitrogens with zero attached hydrogens (tertiary/aromatic N) is 2. The van der Waals surface area contributed by atoms with Crippen LogP contribution in [-0.4, -0.2) is 23.0 Å². The number of fused-ring (bicyclic) bond motifs is 1.